The highest BCUT2D eigenvalue weighted by atomic mass is 19.1. The Morgan fingerprint density at radius 1 is 1.43 bits per heavy atom. The lowest BCUT2D eigenvalue weighted by atomic mass is 10.2. The third-order valence-corrected chi connectivity index (χ3v) is 4.78. The van der Waals surface area contributed by atoms with E-state index in [1.807, 2.05) is 30.3 Å². The molecule has 0 spiro atoms. The predicted octanol–water partition coefficient (Wildman–Crippen LogP) is 3.91. The van der Waals surface area contributed by atoms with Gasteiger partial charge in [-0.1, -0.05) is 19.6 Å². The molecule has 3 N–H and O–H groups in total. The van der Waals surface area contributed by atoms with Crippen molar-refractivity contribution in [2.45, 2.75) is 32.7 Å². The molecule has 0 aliphatic carbocycles. The van der Waals surface area contributed by atoms with Crippen LogP contribution in [-0.2, 0) is 6.42 Å². The Morgan fingerprint density at radius 3 is 2.80 bits per heavy atom. The molecule has 0 saturated heterocycles. The van der Waals surface area contributed by atoms with Gasteiger partial charge < -0.3 is 16.0 Å². The molecule has 8 heteroatoms. The minimum Gasteiger partial charge on any atom is -0.393 e. The van der Waals surface area contributed by atoms with E-state index in [-0.39, 0.29) is 6.04 Å². The highest BCUT2D eigenvalue weighted by Gasteiger charge is 2.19. The molecule has 1 unspecified atom stereocenters. The molecule has 0 bridgehead atoms. The first-order chi connectivity index (χ1) is 14.4. The highest BCUT2D eigenvalue weighted by Crippen LogP contribution is 2.30. The van der Waals surface area contributed by atoms with Crippen LogP contribution in [-0.4, -0.2) is 47.8 Å². The summed E-state index contributed by atoms with van der Waals surface area (Å²) in [5.41, 5.74) is 8.37. The van der Waals surface area contributed by atoms with Gasteiger partial charge in [0.05, 0.1) is 0 Å². The number of anilines is 3. The topological polar surface area (TPSA) is 92.3 Å². The molecule has 2 aromatic rings. The van der Waals surface area contributed by atoms with Gasteiger partial charge in [0.25, 0.3) is 0 Å². The van der Waals surface area contributed by atoms with E-state index in [1.54, 1.807) is 13.2 Å². The van der Waals surface area contributed by atoms with Crippen molar-refractivity contribution in [1.82, 2.24) is 15.0 Å². The molecule has 0 amide bonds. The first kappa shape index (κ1) is 23.0. The summed E-state index contributed by atoms with van der Waals surface area (Å²) in [5, 5.41) is 3.29. The zero-order valence-electron chi connectivity index (χ0n) is 18.1. The van der Waals surface area contributed by atoms with E-state index in [0.717, 1.165) is 18.4 Å². The van der Waals surface area contributed by atoms with Crippen LogP contribution in [0.5, 0.6) is 0 Å². The number of hydrogen-bond acceptors (Lipinski definition) is 7. The predicted molar refractivity (Wildman–Crippen MR) is 124 cm³/mol. The van der Waals surface area contributed by atoms with Gasteiger partial charge in [0, 0.05) is 50.9 Å². The van der Waals surface area contributed by atoms with E-state index < -0.39 is 5.83 Å². The highest BCUT2D eigenvalue weighted by molar-refractivity contribution is 6.09. The van der Waals surface area contributed by atoms with E-state index in [9.17, 15) is 4.39 Å². The largest absolute Gasteiger partial charge is 0.393 e. The van der Waals surface area contributed by atoms with Crippen molar-refractivity contribution in [3.8, 4) is 0 Å². The smallest absolute Gasteiger partial charge is 0.165 e. The molecular weight excluding hydrogens is 381 g/mol. The molecule has 30 heavy (non-hydrogen) atoms. The Labute approximate surface area is 177 Å². The number of aromatic nitrogens is 3. The normalized spacial score (nSPS) is 12.8. The number of nitrogens with zero attached hydrogens (tertiary/aromatic N) is 5. The Bertz CT molecular complexity index is 909. The minimum absolute atomic E-state index is 0.210. The average molecular weight is 412 g/mol. The van der Waals surface area contributed by atoms with Crippen LogP contribution < -0.4 is 16.0 Å². The lowest BCUT2D eigenvalue weighted by Gasteiger charge is -2.27. The van der Waals surface area contributed by atoms with E-state index in [0.29, 0.717) is 35.3 Å². The number of pyridine rings is 1. The lowest BCUT2D eigenvalue weighted by Crippen LogP contribution is -2.30. The number of aliphatic imine (C=N–C) groups is 1. The lowest BCUT2D eigenvalue weighted by molar-refractivity contribution is 0.656. The summed E-state index contributed by atoms with van der Waals surface area (Å²) in [5.74, 6) is 0.794. The number of nitrogens with one attached hydrogen (secondary N) is 1. The summed E-state index contributed by atoms with van der Waals surface area (Å²) in [7, 11) is 3.53. The molecule has 0 saturated carbocycles. The Kier molecular flexibility index (Phi) is 8.46. The molecule has 2 rings (SSSR count). The van der Waals surface area contributed by atoms with Crippen LogP contribution >= 0.6 is 0 Å². The molecule has 2 aromatic heterocycles. The van der Waals surface area contributed by atoms with Gasteiger partial charge in [0.1, 0.15) is 11.5 Å². The van der Waals surface area contributed by atoms with Crippen molar-refractivity contribution in [3.05, 3.63) is 54.4 Å². The van der Waals surface area contributed by atoms with Crippen LogP contribution in [0.2, 0.25) is 0 Å². The zero-order chi connectivity index (χ0) is 22.1. The second kappa shape index (κ2) is 11.0. The average Bonchev–Trinajstić information content (AvgIpc) is 2.74. The Morgan fingerprint density at radius 2 is 2.20 bits per heavy atom. The molecule has 0 aliphatic heterocycles. The molecule has 0 aliphatic rings. The molecule has 160 valence electrons. The van der Waals surface area contributed by atoms with Gasteiger partial charge in [-0.2, -0.15) is 0 Å². The molecule has 1 atom stereocenters. The van der Waals surface area contributed by atoms with Crippen molar-refractivity contribution in [2.24, 2.45) is 4.99 Å². The van der Waals surface area contributed by atoms with Crippen LogP contribution in [0.1, 0.15) is 31.7 Å². The second-order valence-corrected chi connectivity index (χ2v) is 6.97. The van der Waals surface area contributed by atoms with Crippen LogP contribution in [0.25, 0.3) is 5.57 Å². The molecule has 0 fully saturated rings. The molecule has 2 heterocycles. The SMILES string of the molecule is C=C(F)/C=C(\C=NC)c1nc(NCCc2cccnc2)c(N)c(N(C)C(C)CC)n1. The van der Waals surface area contributed by atoms with E-state index in [1.165, 1.54) is 12.3 Å². The summed E-state index contributed by atoms with van der Waals surface area (Å²) in [6.07, 6.45) is 7.99. The van der Waals surface area contributed by atoms with Gasteiger partial charge in [-0.15, -0.1) is 0 Å². The Balaban J connectivity index is 2.44. The summed E-state index contributed by atoms with van der Waals surface area (Å²) in [4.78, 5) is 19.3. The number of nitrogen functional groups attached to an aromatic ring is 1. The van der Waals surface area contributed by atoms with Crippen molar-refractivity contribution >= 4 is 29.1 Å². The molecular formula is C22H30FN7. The fourth-order valence-electron chi connectivity index (χ4n) is 2.81. The van der Waals surface area contributed by atoms with Crippen LogP contribution in [0.15, 0.2) is 48.0 Å². The fraction of sp³-hybridized carbons (Fsp3) is 0.364. The third kappa shape index (κ3) is 6.10. The number of allylic oxidation sites excluding steroid dienone is 3. The van der Waals surface area contributed by atoms with Gasteiger partial charge >= 0.3 is 0 Å². The third-order valence-electron chi connectivity index (χ3n) is 4.78. The molecule has 0 radical (unpaired) electrons. The maximum absolute atomic E-state index is 13.5. The van der Waals surface area contributed by atoms with Crippen LogP contribution in [0.3, 0.4) is 0 Å². The van der Waals surface area contributed by atoms with Gasteiger partial charge in [-0.3, -0.25) is 9.98 Å². The number of nitrogens with two attached hydrogens (primary N) is 1. The summed E-state index contributed by atoms with van der Waals surface area (Å²) in [6, 6.07) is 4.12. The number of rotatable bonds is 10. The number of hydrogen-bond donors (Lipinski definition) is 2. The maximum atomic E-state index is 13.5. The van der Waals surface area contributed by atoms with E-state index >= 15 is 0 Å². The fourth-order valence-corrected chi connectivity index (χ4v) is 2.81. The van der Waals surface area contributed by atoms with Crippen molar-refractivity contribution in [3.63, 3.8) is 0 Å². The van der Waals surface area contributed by atoms with E-state index in [2.05, 4.69) is 45.7 Å². The zero-order valence-corrected chi connectivity index (χ0v) is 18.1. The van der Waals surface area contributed by atoms with Crippen LogP contribution in [0.4, 0.5) is 21.7 Å². The summed E-state index contributed by atoms with van der Waals surface area (Å²) < 4.78 is 13.5. The maximum Gasteiger partial charge on any atom is 0.165 e. The first-order valence-electron chi connectivity index (χ1n) is 9.89. The van der Waals surface area contributed by atoms with Crippen molar-refractivity contribution < 1.29 is 4.39 Å². The van der Waals surface area contributed by atoms with Gasteiger partial charge in [-0.25, -0.2) is 14.4 Å². The minimum atomic E-state index is -0.603. The number of halogens is 1. The van der Waals surface area contributed by atoms with Gasteiger partial charge in [0.15, 0.2) is 17.5 Å². The van der Waals surface area contributed by atoms with Crippen LogP contribution in [0, 0.1) is 0 Å². The van der Waals surface area contributed by atoms with Gasteiger partial charge in [-0.05, 0) is 37.5 Å². The monoisotopic (exact) mass is 411 g/mol. The first-order valence-corrected chi connectivity index (χ1v) is 9.89. The summed E-state index contributed by atoms with van der Waals surface area (Å²) in [6.45, 7) is 8.09. The second-order valence-electron chi connectivity index (χ2n) is 6.97. The van der Waals surface area contributed by atoms with Crippen molar-refractivity contribution in [2.75, 3.05) is 36.6 Å². The van der Waals surface area contributed by atoms with E-state index in [4.69, 9.17) is 5.73 Å². The summed E-state index contributed by atoms with van der Waals surface area (Å²) >= 11 is 0. The quantitative estimate of drug-likeness (QED) is 0.455. The van der Waals surface area contributed by atoms with Gasteiger partial charge in [0.2, 0.25) is 0 Å². The molecule has 0 aromatic carbocycles. The van der Waals surface area contributed by atoms with Crippen molar-refractivity contribution in [1.29, 1.82) is 0 Å². The standard InChI is InChI=1S/C22H30FN7/c1-6-16(3)30(5)22-19(24)21(27-11-9-17-8-7-10-26-13-17)28-20(29-22)18(14-25-4)12-15(2)23/h7-8,10,12-14,16H,2,6,9,11,24H2,1,3-5H3,(H,27,28,29)/b18-12+,25-14?. The Hall–Kier alpha value is -3.29. The molecule has 7 nitrogen and oxygen atoms in total.